The van der Waals surface area contributed by atoms with Gasteiger partial charge in [0, 0.05) is 18.5 Å². The van der Waals surface area contributed by atoms with E-state index in [9.17, 15) is 24.6 Å². The van der Waals surface area contributed by atoms with E-state index >= 15 is 0 Å². The highest BCUT2D eigenvalue weighted by atomic mass is 16.7. The zero-order chi connectivity index (χ0) is 34.5. The van der Waals surface area contributed by atoms with Gasteiger partial charge in [-0.2, -0.15) is 0 Å². The number of ether oxygens (including phenoxy) is 3. The quantitative estimate of drug-likeness (QED) is 0.0832. The van der Waals surface area contributed by atoms with Gasteiger partial charge in [-0.05, 0) is 71.7 Å². The fourth-order valence-corrected chi connectivity index (χ4v) is 5.98. The van der Waals surface area contributed by atoms with E-state index in [1.807, 2.05) is 91.9 Å². The number of aliphatic hydroxyl groups is 1. The highest BCUT2D eigenvalue weighted by molar-refractivity contribution is 6.03. The van der Waals surface area contributed by atoms with Crippen LogP contribution >= 0.6 is 0 Å². The molecule has 0 saturated carbocycles. The van der Waals surface area contributed by atoms with Gasteiger partial charge < -0.3 is 33.7 Å². The number of carbonyl (C=O) groups excluding carboxylic acids is 2. The van der Waals surface area contributed by atoms with Crippen LogP contribution in [0.15, 0.2) is 107 Å². The number of allylic oxidation sites excluding steroid dienone is 1. The molecule has 1 aliphatic heterocycles. The topological polar surface area (TPSA) is 149 Å². The molecular formula is C38H34N2O9. The summed E-state index contributed by atoms with van der Waals surface area (Å²) in [4.78, 5) is 44.4. The number of para-hydroxylation sites is 2. The molecule has 2 atom stereocenters. The lowest BCUT2D eigenvalue weighted by Crippen LogP contribution is -2.43. The van der Waals surface area contributed by atoms with E-state index in [0.29, 0.717) is 29.4 Å². The van der Waals surface area contributed by atoms with Crippen LogP contribution in [0.1, 0.15) is 42.7 Å². The molecular weight excluding hydrogens is 628 g/mol. The monoisotopic (exact) mass is 662 g/mol. The number of benzene rings is 4. The van der Waals surface area contributed by atoms with Crippen molar-refractivity contribution in [3.05, 3.63) is 119 Å². The molecule has 11 heteroatoms. The number of esters is 1. The van der Waals surface area contributed by atoms with Crippen molar-refractivity contribution in [3.63, 3.8) is 0 Å². The lowest BCUT2D eigenvalue weighted by Gasteiger charge is -2.35. The Morgan fingerprint density at radius 3 is 2.47 bits per heavy atom. The number of methoxy groups -OCH3 is 1. The van der Waals surface area contributed by atoms with Crippen molar-refractivity contribution >= 4 is 45.8 Å². The zero-order valence-corrected chi connectivity index (χ0v) is 26.9. The third-order valence-corrected chi connectivity index (χ3v) is 8.54. The Kier molecular flexibility index (Phi) is 9.61. The number of rotatable bonds is 12. The van der Waals surface area contributed by atoms with Gasteiger partial charge in [-0.3, -0.25) is 9.59 Å². The van der Waals surface area contributed by atoms with Gasteiger partial charge in [0.05, 0.1) is 19.1 Å². The smallest absolute Gasteiger partial charge is 0.338 e. The lowest BCUT2D eigenvalue weighted by molar-refractivity contribution is -0.142. The van der Waals surface area contributed by atoms with Gasteiger partial charge >= 0.3 is 11.9 Å². The number of oxazole rings is 1. The van der Waals surface area contributed by atoms with Crippen molar-refractivity contribution in [2.24, 2.45) is 0 Å². The maximum Gasteiger partial charge on any atom is 0.338 e. The van der Waals surface area contributed by atoms with Crippen LogP contribution in [0.3, 0.4) is 0 Å². The molecule has 11 nitrogen and oxygen atoms in total. The average molecular weight is 663 g/mol. The molecule has 0 unspecified atom stereocenters. The molecule has 6 rings (SSSR count). The number of aliphatic carboxylic acids is 1. The number of carboxylic acids is 1. The van der Waals surface area contributed by atoms with Crippen LogP contribution < -0.4 is 9.47 Å². The van der Waals surface area contributed by atoms with Crippen LogP contribution in [-0.2, 0) is 25.7 Å². The molecule has 1 aliphatic rings. The Hall–Kier alpha value is -6.10. The Balaban J connectivity index is 1.41. The summed E-state index contributed by atoms with van der Waals surface area (Å²) < 4.78 is 21.8. The van der Waals surface area contributed by atoms with Crippen LogP contribution in [-0.4, -0.2) is 57.9 Å². The number of nitrogens with zero attached hydrogens (tertiary/aromatic N) is 2. The van der Waals surface area contributed by atoms with Crippen LogP contribution in [0.25, 0.3) is 27.9 Å². The molecule has 0 spiro atoms. The predicted octanol–water partition coefficient (Wildman–Crippen LogP) is 6.77. The number of fused-ring (bicyclic) bond motifs is 3. The van der Waals surface area contributed by atoms with Crippen molar-refractivity contribution < 1.29 is 43.2 Å². The Morgan fingerprint density at radius 1 is 0.939 bits per heavy atom. The van der Waals surface area contributed by atoms with Gasteiger partial charge in [0.25, 0.3) is 5.91 Å². The highest BCUT2D eigenvalue weighted by Crippen LogP contribution is 2.38. The van der Waals surface area contributed by atoms with Gasteiger partial charge in [0.1, 0.15) is 5.52 Å². The first-order valence-corrected chi connectivity index (χ1v) is 15.6. The van der Waals surface area contributed by atoms with E-state index in [1.54, 1.807) is 12.1 Å². The molecule has 0 bridgehead atoms. The molecule has 0 saturated heterocycles. The van der Waals surface area contributed by atoms with Gasteiger partial charge in [-0.1, -0.05) is 60.7 Å². The molecule has 2 heterocycles. The van der Waals surface area contributed by atoms with Crippen LogP contribution in [0, 0.1) is 0 Å². The summed E-state index contributed by atoms with van der Waals surface area (Å²) in [7, 11) is 1.05. The number of aliphatic hydroxyl groups excluding tert-OH is 1. The summed E-state index contributed by atoms with van der Waals surface area (Å²) in [5.74, 6) is -3.26. The number of amides is 1. The molecule has 49 heavy (non-hydrogen) atoms. The molecule has 5 aromatic rings. The molecule has 2 N–H and O–H groups in total. The number of aromatic nitrogens is 1. The SMILES string of the molecule is COC(=O)C(CC(=O)O)=C(O)C(=O)N(Cc1ccc2ccccc2c1)[C@H](C)[C@H](C/C=C/c1nc2ccccc2o1)c1ccc2c(c1)OCO2. The van der Waals surface area contributed by atoms with Crippen molar-refractivity contribution in [2.75, 3.05) is 13.9 Å². The minimum Gasteiger partial charge on any atom is -0.503 e. The predicted molar refractivity (Wildman–Crippen MR) is 181 cm³/mol. The molecule has 0 radical (unpaired) electrons. The fraction of sp³-hybridized carbons (Fsp3) is 0.211. The summed E-state index contributed by atoms with van der Waals surface area (Å²) >= 11 is 0. The largest absolute Gasteiger partial charge is 0.503 e. The number of hydrogen-bond acceptors (Lipinski definition) is 9. The third-order valence-electron chi connectivity index (χ3n) is 8.54. The van der Waals surface area contributed by atoms with Gasteiger partial charge in [0.2, 0.25) is 12.7 Å². The van der Waals surface area contributed by atoms with Crippen molar-refractivity contribution in [2.45, 2.75) is 38.3 Å². The van der Waals surface area contributed by atoms with Crippen LogP contribution in [0.5, 0.6) is 11.5 Å². The van der Waals surface area contributed by atoms with E-state index in [4.69, 9.17) is 18.6 Å². The molecule has 1 amide bonds. The van der Waals surface area contributed by atoms with Crippen molar-refractivity contribution in [1.29, 1.82) is 0 Å². The summed E-state index contributed by atoms with van der Waals surface area (Å²) in [5, 5.41) is 22.7. The first-order chi connectivity index (χ1) is 23.7. The van der Waals surface area contributed by atoms with E-state index in [-0.39, 0.29) is 13.3 Å². The van der Waals surface area contributed by atoms with E-state index in [0.717, 1.165) is 34.5 Å². The summed E-state index contributed by atoms with van der Waals surface area (Å²) in [6, 6.07) is 25.9. The molecule has 250 valence electrons. The Morgan fingerprint density at radius 2 is 1.69 bits per heavy atom. The normalized spacial score (nSPS) is 14.1. The maximum absolute atomic E-state index is 14.2. The number of carboxylic acid groups (broad SMARTS) is 1. The highest BCUT2D eigenvalue weighted by Gasteiger charge is 2.34. The fourth-order valence-electron chi connectivity index (χ4n) is 5.98. The molecule has 4 aromatic carbocycles. The first-order valence-electron chi connectivity index (χ1n) is 15.6. The van der Waals surface area contributed by atoms with Crippen LogP contribution in [0.2, 0.25) is 0 Å². The Labute approximate surface area is 281 Å². The molecule has 0 fully saturated rings. The first kappa shape index (κ1) is 32.8. The standard InChI is InChI=1S/C38H34N2O9/c1-23(28(27-16-17-32-33(19-27)48-22-47-32)10-7-13-34-39-30-11-5-6-12-31(30)49-34)40(21-24-14-15-25-8-3-4-9-26(25)18-24)37(44)36(43)29(20-35(41)42)38(45)46-2/h3-9,11-19,23,28,43H,10,20-22H2,1-2H3,(H,41,42)/b13-7+,36-29?/t23-,28+/m1/s1. The van der Waals surface area contributed by atoms with Crippen molar-refractivity contribution in [1.82, 2.24) is 9.88 Å². The second kappa shape index (κ2) is 14.3. The minimum absolute atomic E-state index is 0.0340. The lowest BCUT2D eigenvalue weighted by atomic mass is 9.87. The summed E-state index contributed by atoms with van der Waals surface area (Å²) in [5.41, 5.74) is 2.31. The minimum atomic E-state index is -1.41. The second-order valence-corrected chi connectivity index (χ2v) is 11.6. The Bertz CT molecular complexity index is 2060. The number of carbonyl (C=O) groups is 3. The van der Waals surface area contributed by atoms with E-state index < -0.39 is 47.6 Å². The second-order valence-electron chi connectivity index (χ2n) is 11.6. The summed E-state index contributed by atoms with van der Waals surface area (Å²) in [6.07, 6.45) is 3.16. The third kappa shape index (κ3) is 7.25. The average Bonchev–Trinajstić information content (AvgIpc) is 3.76. The van der Waals surface area contributed by atoms with Crippen molar-refractivity contribution in [3.8, 4) is 11.5 Å². The van der Waals surface area contributed by atoms with Crippen LogP contribution in [0.4, 0.5) is 0 Å². The van der Waals surface area contributed by atoms with Gasteiger partial charge in [-0.15, -0.1) is 0 Å². The number of hydrogen-bond donors (Lipinski definition) is 2. The summed E-state index contributed by atoms with van der Waals surface area (Å²) in [6.45, 7) is 1.96. The van der Waals surface area contributed by atoms with E-state index in [1.165, 1.54) is 4.90 Å². The molecule has 1 aromatic heterocycles. The molecule has 0 aliphatic carbocycles. The zero-order valence-electron chi connectivity index (χ0n) is 26.9. The van der Waals surface area contributed by atoms with Gasteiger partial charge in [0.15, 0.2) is 22.8 Å². The van der Waals surface area contributed by atoms with E-state index in [2.05, 4.69) is 4.98 Å². The maximum atomic E-state index is 14.2. The van der Waals surface area contributed by atoms with Gasteiger partial charge in [-0.25, -0.2) is 9.78 Å².